The normalized spacial score (nSPS) is 18.6. The quantitative estimate of drug-likeness (QED) is 0.651. The SMILES string of the molecule is CCN[C@H](C)CNS(=O)(=O)c1cc(Cl)ccc1OCC1CCOC1.Cl. The minimum absolute atomic E-state index is 0. The van der Waals surface area contributed by atoms with Gasteiger partial charge < -0.3 is 14.8 Å². The number of hydrogen-bond donors (Lipinski definition) is 2. The standard InChI is InChI=1S/C16H25ClN2O4S.ClH/c1-3-18-12(2)9-19-24(20,21)16-8-14(17)4-5-15(16)23-11-13-6-7-22-10-13;/h4-5,8,12-13,18-19H,3,6-7,9-11H2,1-2H3;1H/t12-,13?;/m1./s1. The molecule has 1 unspecified atom stereocenters. The molecule has 0 amide bonds. The molecule has 1 heterocycles. The van der Waals surface area contributed by atoms with E-state index in [-0.39, 0.29) is 29.3 Å². The van der Waals surface area contributed by atoms with Crippen molar-refractivity contribution in [2.45, 2.75) is 31.2 Å². The van der Waals surface area contributed by atoms with E-state index >= 15 is 0 Å². The average Bonchev–Trinajstić information content (AvgIpc) is 3.05. The lowest BCUT2D eigenvalue weighted by molar-refractivity contribution is 0.166. The molecule has 2 rings (SSSR count). The summed E-state index contributed by atoms with van der Waals surface area (Å²) in [5.74, 6) is 0.605. The third kappa shape index (κ3) is 6.92. The van der Waals surface area contributed by atoms with Crippen LogP contribution in [0.25, 0.3) is 0 Å². The summed E-state index contributed by atoms with van der Waals surface area (Å²) in [5, 5.41) is 3.51. The van der Waals surface area contributed by atoms with E-state index in [4.69, 9.17) is 21.1 Å². The van der Waals surface area contributed by atoms with E-state index in [1.165, 1.54) is 6.07 Å². The molecule has 0 radical (unpaired) electrons. The van der Waals surface area contributed by atoms with Crippen LogP contribution in [0, 0.1) is 5.92 Å². The van der Waals surface area contributed by atoms with Crippen LogP contribution in [0.2, 0.25) is 5.02 Å². The number of rotatable bonds is 9. The van der Waals surface area contributed by atoms with Crippen molar-refractivity contribution in [2.24, 2.45) is 5.92 Å². The van der Waals surface area contributed by atoms with Crippen molar-refractivity contribution in [3.8, 4) is 5.75 Å². The van der Waals surface area contributed by atoms with Crippen LogP contribution in [0.3, 0.4) is 0 Å². The Bertz CT molecular complexity index is 637. The molecule has 144 valence electrons. The van der Waals surface area contributed by atoms with Crippen molar-refractivity contribution in [1.29, 1.82) is 0 Å². The minimum Gasteiger partial charge on any atom is -0.492 e. The lowest BCUT2D eigenvalue weighted by atomic mass is 10.1. The molecule has 1 aromatic carbocycles. The van der Waals surface area contributed by atoms with Gasteiger partial charge in [-0.2, -0.15) is 0 Å². The molecule has 0 spiro atoms. The summed E-state index contributed by atoms with van der Waals surface area (Å²) < 4.78 is 38.9. The monoisotopic (exact) mass is 412 g/mol. The Morgan fingerprint density at radius 1 is 1.44 bits per heavy atom. The van der Waals surface area contributed by atoms with Gasteiger partial charge in [-0.05, 0) is 38.1 Å². The molecule has 1 fully saturated rings. The first-order valence-electron chi connectivity index (χ1n) is 8.15. The zero-order chi connectivity index (χ0) is 17.6. The molecular formula is C16H26Cl2N2O4S. The highest BCUT2D eigenvalue weighted by atomic mass is 35.5. The Labute approximate surface area is 161 Å². The topological polar surface area (TPSA) is 76.7 Å². The van der Waals surface area contributed by atoms with Crippen LogP contribution in [0.5, 0.6) is 5.75 Å². The van der Waals surface area contributed by atoms with Crippen LogP contribution in [-0.4, -0.2) is 47.4 Å². The Balaban J connectivity index is 0.00000312. The second-order valence-corrected chi connectivity index (χ2v) is 8.11. The van der Waals surface area contributed by atoms with Gasteiger partial charge >= 0.3 is 0 Å². The summed E-state index contributed by atoms with van der Waals surface area (Å²) in [4.78, 5) is 0.0672. The summed E-state index contributed by atoms with van der Waals surface area (Å²) in [6.07, 6.45) is 0.925. The van der Waals surface area contributed by atoms with Gasteiger partial charge in [0.2, 0.25) is 10.0 Å². The molecule has 1 saturated heterocycles. The van der Waals surface area contributed by atoms with Crippen molar-refractivity contribution in [2.75, 3.05) is 32.9 Å². The van der Waals surface area contributed by atoms with E-state index in [0.29, 0.717) is 30.5 Å². The van der Waals surface area contributed by atoms with E-state index < -0.39 is 10.0 Å². The van der Waals surface area contributed by atoms with Crippen LogP contribution in [0.15, 0.2) is 23.1 Å². The highest BCUT2D eigenvalue weighted by Crippen LogP contribution is 2.28. The predicted octanol–water partition coefficient (Wildman–Crippen LogP) is 2.45. The molecule has 0 bridgehead atoms. The predicted molar refractivity (Wildman–Crippen MR) is 101 cm³/mol. The Morgan fingerprint density at radius 2 is 2.20 bits per heavy atom. The average molecular weight is 413 g/mol. The van der Waals surface area contributed by atoms with Gasteiger partial charge in [0.15, 0.2) is 0 Å². The molecule has 0 aliphatic carbocycles. The van der Waals surface area contributed by atoms with Gasteiger partial charge in [0.05, 0.1) is 13.2 Å². The van der Waals surface area contributed by atoms with Gasteiger partial charge in [-0.25, -0.2) is 13.1 Å². The first-order chi connectivity index (χ1) is 11.4. The van der Waals surface area contributed by atoms with Gasteiger partial charge in [-0.3, -0.25) is 0 Å². The van der Waals surface area contributed by atoms with E-state index in [2.05, 4.69) is 10.0 Å². The fourth-order valence-electron chi connectivity index (χ4n) is 2.47. The summed E-state index contributed by atoms with van der Waals surface area (Å²) >= 11 is 5.98. The zero-order valence-corrected chi connectivity index (χ0v) is 16.8. The second-order valence-electron chi connectivity index (χ2n) is 5.94. The highest BCUT2D eigenvalue weighted by molar-refractivity contribution is 7.89. The number of ether oxygens (including phenoxy) is 2. The number of halogens is 2. The van der Waals surface area contributed by atoms with Crippen LogP contribution in [0.1, 0.15) is 20.3 Å². The number of benzene rings is 1. The highest BCUT2D eigenvalue weighted by Gasteiger charge is 2.23. The molecule has 25 heavy (non-hydrogen) atoms. The van der Waals surface area contributed by atoms with Crippen molar-refractivity contribution in [1.82, 2.24) is 10.0 Å². The van der Waals surface area contributed by atoms with Gasteiger partial charge in [0, 0.05) is 30.1 Å². The zero-order valence-electron chi connectivity index (χ0n) is 14.5. The third-order valence-corrected chi connectivity index (χ3v) is 5.51. The van der Waals surface area contributed by atoms with Gasteiger partial charge in [-0.15, -0.1) is 12.4 Å². The molecule has 9 heteroatoms. The van der Waals surface area contributed by atoms with E-state index in [9.17, 15) is 8.42 Å². The Morgan fingerprint density at radius 3 is 2.84 bits per heavy atom. The van der Waals surface area contributed by atoms with Gasteiger partial charge in [-0.1, -0.05) is 18.5 Å². The molecule has 2 N–H and O–H groups in total. The first kappa shape index (κ1) is 22.5. The van der Waals surface area contributed by atoms with Gasteiger partial charge in [0.1, 0.15) is 10.6 Å². The van der Waals surface area contributed by atoms with Crippen molar-refractivity contribution >= 4 is 34.0 Å². The number of sulfonamides is 1. The van der Waals surface area contributed by atoms with E-state index in [1.807, 2.05) is 13.8 Å². The van der Waals surface area contributed by atoms with E-state index in [1.54, 1.807) is 12.1 Å². The minimum atomic E-state index is -3.70. The van der Waals surface area contributed by atoms with Crippen LogP contribution >= 0.6 is 24.0 Å². The maximum atomic E-state index is 12.6. The van der Waals surface area contributed by atoms with Crippen LogP contribution in [-0.2, 0) is 14.8 Å². The molecule has 6 nitrogen and oxygen atoms in total. The maximum Gasteiger partial charge on any atom is 0.244 e. The molecule has 1 aliphatic rings. The molecule has 0 saturated carbocycles. The van der Waals surface area contributed by atoms with Crippen LogP contribution < -0.4 is 14.8 Å². The molecule has 1 aliphatic heterocycles. The third-order valence-electron chi connectivity index (χ3n) is 3.83. The van der Waals surface area contributed by atoms with Crippen molar-refractivity contribution in [3.05, 3.63) is 23.2 Å². The molecular weight excluding hydrogens is 387 g/mol. The first-order valence-corrected chi connectivity index (χ1v) is 10.0. The molecule has 2 atom stereocenters. The lowest BCUT2D eigenvalue weighted by Gasteiger charge is -2.17. The van der Waals surface area contributed by atoms with E-state index in [0.717, 1.165) is 19.6 Å². The number of hydrogen-bond acceptors (Lipinski definition) is 5. The second kappa shape index (κ2) is 10.5. The molecule has 0 aromatic heterocycles. The van der Waals surface area contributed by atoms with Crippen LogP contribution in [0.4, 0.5) is 0 Å². The summed E-state index contributed by atoms with van der Waals surface area (Å²) in [7, 11) is -3.70. The lowest BCUT2D eigenvalue weighted by Crippen LogP contribution is -2.38. The summed E-state index contributed by atoms with van der Waals surface area (Å²) in [6, 6.07) is 4.68. The van der Waals surface area contributed by atoms with Crippen molar-refractivity contribution < 1.29 is 17.9 Å². The number of nitrogens with one attached hydrogen (secondary N) is 2. The Hall–Kier alpha value is -0.570. The fourth-order valence-corrected chi connectivity index (χ4v) is 4.00. The maximum absolute atomic E-state index is 12.6. The number of likely N-dealkylation sites (N-methyl/N-ethyl adjacent to an activating group) is 1. The molecule has 1 aromatic rings. The largest absolute Gasteiger partial charge is 0.492 e. The summed E-state index contributed by atoms with van der Waals surface area (Å²) in [6.45, 7) is 6.76. The summed E-state index contributed by atoms with van der Waals surface area (Å²) in [5.41, 5.74) is 0. The van der Waals surface area contributed by atoms with Crippen molar-refractivity contribution in [3.63, 3.8) is 0 Å². The Kier molecular flexibility index (Phi) is 9.48. The fraction of sp³-hybridized carbons (Fsp3) is 0.625. The van der Waals surface area contributed by atoms with Gasteiger partial charge in [0.25, 0.3) is 0 Å². The smallest absolute Gasteiger partial charge is 0.244 e.